The molecule has 0 amide bonds. The van der Waals surface area contributed by atoms with E-state index in [-0.39, 0.29) is 0 Å². The van der Waals surface area contributed by atoms with Crippen molar-refractivity contribution in [2.75, 3.05) is 0 Å². The van der Waals surface area contributed by atoms with Crippen LogP contribution in [0.3, 0.4) is 0 Å². The number of rotatable bonds is 5. The number of furan rings is 1. The van der Waals surface area contributed by atoms with E-state index in [2.05, 4.69) is 145 Å². The maximum absolute atomic E-state index is 6.55. The van der Waals surface area contributed by atoms with Gasteiger partial charge in [0.15, 0.2) is 6.17 Å². The van der Waals surface area contributed by atoms with E-state index in [1.807, 2.05) is 36.4 Å². The Bertz CT molecular complexity index is 2820. The third-order valence-electron chi connectivity index (χ3n) is 9.92. The molecule has 4 heteroatoms. The van der Waals surface area contributed by atoms with Gasteiger partial charge in [-0.05, 0) is 68.1 Å². The predicted octanol–water partition coefficient (Wildman–Crippen LogP) is 11.7. The van der Waals surface area contributed by atoms with Crippen LogP contribution in [0.4, 0.5) is 0 Å². The number of nitrogens with one attached hydrogen (secondary N) is 1. The van der Waals surface area contributed by atoms with Crippen molar-refractivity contribution in [3.63, 3.8) is 0 Å². The highest BCUT2D eigenvalue weighted by Gasteiger charge is 2.26. The summed E-state index contributed by atoms with van der Waals surface area (Å²) < 4.78 is 6.55. The highest BCUT2D eigenvalue weighted by atomic mass is 16.3. The van der Waals surface area contributed by atoms with Crippen LogP contribution < -0.4 is 5.32 Å². The molecule has 0 spiro atoms. The molecular weight excluding hydrogens is 623 g/mol. The van der Waals surface area contributed by atoms with Crippen molar-refractivity contribution in [3.05, 3.63) is 193 Å². The van der Waals surface area contributed by atoms with Crippen molar-refractivity contribution in [2.24, 2.45) is 9.98 Å². The second-order valence-electron chi connectivity index (χ2n) is 13.0. The van der Waals surface area contributed by atoms with E-state index in [9.17, 15) is 0 Å². The van der Waals surface area contributed by atoms with Crippen molar-refractivity contribution in [3.8, 4) is 22.3 Å². The number of hydrogen-bond acceptors (Lipinski definition) is 4. The fraction of sp³-hybridized carbons (Fsp3) is 0.0213. The van der Waals surface area contributed by atoms with Crippen molar-refractivity contribution in [1.29, 1.82) is 0 Å². The van der Waals surface area contributed by atoms with Gasteiger partial charge in [0.1, 0.15) is 22.8 Å². The first-order valence-electron chi connectivity index (χ1n) is 17.3. The standard InChI is InChI=1S/C47H31N3O/c1-3-13-30(14-4-1)31-23-25-32(26-24-31)35-28-41(44-39-21-11-12-22-42(39)51-43(44)29-35)47-49-45(33-15-5-2-6-16-33)48-46(50-47)40-27-34-17-7-8-18-36(34)37-19-9-10-20-38(37)40/h1-29,46H,(H,48,49,50). The van der Waals surface area contributed by atoms with Gasteiger partial charge in [-0.15, -0.1) is 0 Å². The molecule has 1 unspecified atom stereocenters. The summed E-state index contributed by atoms with van der Waals surface area (Å²) in [5, 5.41) is 10.5. The average Bonchev–Trinajstić information content (AvgIpc) is 3.59. The summed E-state index contributed by atoms with van der Waals surface area (Å²) >= 11 is 0. The van der Waals surface area contributed by atoms with Crippen LogP contribution in [-0.2, 0) is 0 Å². The van der Waals surface area contributed by atoms with Crippen LogP contribution in [0.25, 0.3) is 65.7 Å². The molecule has 0 fully saturated rings. The monoisotopic (exact) mass is 653 g/mol. The van der Waals surface area contributed by atoms with Gasteiger partial charge >= 0.3 is 0 Å². The van der Waals surface area contributed by atoms with Gasteiger partial charge in [0.25, 0.3) is 0 Å². The van der Waals surface area contributed by atoms with Gasteiger partial charge < -0.3 is 9.73 Å². The zero-order valence-corrected chi connectivity index (χ0v) is 27.6. The number of fused-ring (bicyclic) bond motifs is 6. The molecule has 1 aliphatic rings. The lowest BCUT2D eigenvalue weighted by Crippen LogP contribution is -2.36. The van der Waals surface area contributed by atoms with E-state index < -0.39 is 6.17 Å². The number of amidine groups is 2. The molecule has 1 aliphatic heterocycles. The lowest BCUT2D eigenvalue weighted by Gasteiger charge is -2.24. The summed E-state index contributed by atoms with van der Waals surface area (Å²) in [4.78, 5) is 10.8. The van der Waals surface area contributed by atoms with Crippen LogP contribution >= 0.6 is 0 Å². The Hall–Kier alpha value is -6.78. The number of para-hydroxylation sites is 1. The predicted molar refractivity (Wildman–Crippen MR) is 211 cm³/mol. The molecular formula is C47H31N3O. The smallest absolute Gasteiger partial charge is 0.170 e. The van der Waals surface area contributed by atoms with Gasteiger partial charge in [0.2, 0.25) is 0 Å². The van der Waals surface area contributed by atoms with Crippen molar-refractivity contribution in [2.45, 2.75) is 6.17 Å². The first-order chi connectivity index (χ1) is 25.3. The first kappa shape index (κ1) is 29.2. The van der Waals surface area contributed by atoms with E-state index in [0.717, 1.165) is 66.8 Å². The van der Waals surface area contributed by atoms with E-state index in [0.29, 0.717) is 0 Å². The van der Waals surface area contributed by atoms with Crippen LogP contribution in [0.1, 0.15) is 22.9 Å². The van der Waals surface area contributed by atoms with Crippen LogP contribution in [0, 0.1) is 0 Å². The van der Waals surface area contributed by atoms with E-state index >= 15 is 0 Å². The molecule has 1 aromatic heterocycles. The zero-order valence-electron chi connectivity index (χ0n) is 27.6. The molecule has 10 rings (SSSR count). The first-order valence-corrected chi connectivity index (χ1v) is 17.3. The molecule has 0 saturated heterocycles. The number of hydrogen-bond donors (Lipinski definition) is 1. The molecule has 51 heavy (non-hydrogen) atoms. The molecule has 240 valence electrons. The van der Waals surface area contributed by atoms with Crippen LogP contribution in [0.5, 0.6) is 0 Å². The van der Waals surface area contributed by atoms with Crippen LogP contribution in [0.15, 0.2) is 190 Å². The number of nitrogens with zero attached hydrogens (tertiary/aromatic N) is 2. The Kier molecular flexibility index (Phi) is 6.85. The van der Waals surface area contributed by atoms with Crippen molar-refractivity contribution >= 4 is 55.2 Å². The SMILES string of the molecule is c1ccc(C2=NC(c3cc4ccccc4c4ccccc34)N=C(c3cc(-c4ccc(-c5ccccc5)cc4)cc4oc5ccccc5c34)N2)cc1. The lowest BCUT2D eigenvalue weighted by molar-refractivity contribution is 0.669. The normalized spacial score (nSPS) is 14.5. The molecule has 0 bridgehead atoms. The van der Waals surface area contributed by atoms with Gasteiger partial charge in [-0.3, -0.25) is 0 Å². The van der Waals surface area contributed by atoms with Gasteiger partial charge in [0.05, 0.1) is 0 Å². The number of benzene rings is 8. The molecule has 4 nitrogen and oxygen atoms in total. The van der Waals surface area contributed by atoms with Crippen LogP contribution in [0.2, 0.25) is 0 Å². The van der Waals surface area contributed by atoms with E-state index in [4.69, 9.17) is 14.4 Å². The second kappa shape index (κ2) is 12.0. The van der Waals surface area contributed by atoms with Gasteiger partial charge in [-0.2, -0.15) is 0 Å². The quantitative estimate of drug-likeness (QED) is 0.188. The molecule has 0 saturated carbocycles. The fourth-order valence-electron chi connectivity index (χ4n) is 7.46. The molecule has 1 N–H and O–H groups in total. The minimum atomic E-state index is -0.479. The molecule has 2 heterocycles. The van der Waals surface area contributed by atoms with Crippen molar-refractivity contribution in [1.82, 2.24) is 5.32 Å². The van der Waals surface area contributed by atoms with Gasteiger partial charge in [-0.25, -0.2) is 9.98 Å². The Morgan fingerprint density at radius 2 is 0.980 bits per heavy atom. The maximum atomic E-state index is 6.55. The van der Waals surface area contributed by atoms with Crippen LogP contribution in [-0.4, -0.2) is 11.7 Å². The molecule has 1 atom stereocenters. The Morgan fingerprint density at radius 3 is 1.75 bits per heavy atom. The molecule has 0 aliphatic carbocycles. The maximum Gasteiger partial charge on any atom is 0.170 e. The minimum Gasteiger partial charge on any atom is -0.456 e. The molecule has 0 radical (unpaired) electrons. The van der Waals surface area contributed by atoms with Crippen molar-refractivity contribution < 1.29 is 4.42 Å². The highest BCUT2D eigenvalue weighted by molar-refractivity contribution is 6.24. The average molecular weight is 654 g/mol. The minimum absolute atomic E-state index is 0.479. The third-order valence-corrected chi connectivity index (χ3v) is 9.92. The molecule has 8 aromatic carbocycles. The zero-order chi connectivity index (χ0) is 33.7. The summed E-state index contributed by atoms with van der Waals surface area (Å²) in [6.07, 6.45) is -0.479. The summed E-state index contributed by atoms with van der Waals surface area (Å²) in [7, 11) is 0. The summed E-state index contributed by atoms with van der Waals surface area (Å²) in [6.45, 7) is 0. The summed E-state index contributed by atoms with van der Waals surface area (Å²) in [6, 6.07) is 61.6. The second-order valence-corrected chi connectivity index (χ2v) is 13.0. The Morgan fingerprint density at radius 1 is 0.412 bits per heavy atom. The lowest BCUT2D eigenvalue weighted by atomic mass is 9.95. The topological polar surface area (TPSA) is 49.9 Å². The van der Waals surface area contributed by atoms with E-state index in [1.54, 1.807) is 0 Å². The molecule has 9 aromatic rings. The summed E-state index contributed by atoms with van der Waals surface area (Å²) in [5.41, 5.74) is 9.22. The highest BCUT2D eigenvalue weighted by Crippen LogP contribution is 2.39. The Labute approximate surface area is 295 Å². The van der Waals surface area contributed by atoms with Gasteiger partial charge in [-0.1, -0.05) is 152 Å². The Balaban J connectivity index is 1.20. The number of aliphatic imine (C=N–C) groups is 2. The largest absolute Gasteiger partial charge is 0.456 e. The fourth-order valence-corrected chi connectivity index (χ4v) is 7.46. The van der Waals surface area contributed by atoms with E-state index in [1.165, 1.54) is 27.3 Å². The van der Waals surface area contributed by atoms with Gasteiger partial charge in [0, 0.05) is 27.5 Å². The summed E-state index contributed by atoms with van der Waals surface area (Å²) in [5.74, 6) is 1.53. The third kappa shape index (κ3) is 5.08.